The lowest BCUT2D eigenvalue weighted by atomic mass is 10.1. The summed E-state index contributed by atoms with van der Waals surface area (Å²) < 4.78 is 10.3. The van der Waals surface area contributed by atoms with E-state index < -0.39 is 0 Å². The Morgan fingerprint density at radius 3 is 2.38 bits per heavy atom. The Hall–Kier alpha value is -3.15. The van der Waals surface area contributed by atoms with Gasteiger partial charge in [0.1, 0.15) is 5.82 Å². The summed E-state index contributed by atoms with van der Waals surface area (Å²) in [5.41, 5.74) is 6.01. The fourth-order valence-corrected chi connectivity index (χ4v) is 5.12. The molecule has 3 heterocycles. The summed E-state index contributed by atoms with van der Waals surface area (Å²) in [6, 6.07) is 24.0. The number of hydrogen-bond donors (Lipinski definition) is 0. The van der Waals surface area contributed by atoms with Gasteiger partial charge >= 0.3 is 0 Å². The van der Waals surface area contributed by atoms with Crippen LogP contribution in [0.4, 0.5) is 0 Å². The molecular weight excluding hydrogens is 396 g/mol. The predicted molar refractivity (Wildman–Crippen MR) is 131 cm³/mol. The van der Waals surface area contributed by atoms with Gasteiger partial charge in [-0.25, -0.2) is 4.98 Å². The second-order valence-electron chi connectivity index (χ2n) is 8.52. The second kappa shape index (κ2) is 8.08. The highest BCUT2D eigenvalue weighted by atomic mass is 16.5. The maximum atomic E-state index is 5.52. The minimum Gasteiger partial charge on any atom is -0.379 e. The monoisotopic (exact) mass is 424 g/mol. The first-order valence-corrected chi connectivity index (χ1v) is 11.6. The van der Waals surface area contributed by atoms with E-state index in [2.05, 4.69) is 87.7 Å². The molecule has 1 fully saturated rings. The predicted octanol–water partition coefficient (Wildman–Crippen LogP) is 5.16. The van der Waals surface area contributed by atoms with Crippen LogP contribution in [0, 0.1) is 0 Å². The number of hydrogen-bond acceptors (Lipinski definition) is 3. The van der Waals surface area contributed by atoms with Crippen LogP contribution in [0.15, 0.2) is 66.7 Å². The largest absolute Gasteiger partial charge is 0.379 e. The van der Waals surface area contributed by atoms with Crippen LogP contribution in [-0.2, 0) is 17.8 Å². The number of para-hydroxylation sites is 3. The third-order valence-corrected chi connectivity index (χ3v) is 6.74. The third kappa shape index (κ3) is 3.20. The molecule has 0 amide bonds. The average Bonchev–Trinajstić information content (AvgIpc) is 3.38. The molecule has 1 aliphatic heterocycles. The molecule has 2 aromatic heterocycles. The van der Waals surface area contributed by atoms with Gasteiger partial charge in [0.25, 0.3) is 0 Å². The van der Waals surface area contributed by atoms with Crippen molar-refractivity contribution >= 4 is 32.8 Å². The zero-order valence-corrected chi connectivity index (χ0v) is 18.5. The molecule has 0 saturated carbocycles. The van der Waals surface area contributed by atoms with Gasteiger partial charge in [0.05, 0.1) is 24.2 Å². The minimum atomic E-state index is 0.829. The Bertz CT molecular complexity index is 1410. The van der Waals surface area contributed by atoms with E-state index >= 15 is 0 Å². The molecule has 5 nitrogen and oxygen atoms in total. The molecule has 32 heavy (non-hydrogen) atoms. The fourth-order valence-electron chi connectivity index (χ4n) is 5.12. The molecule has 0 radical (unpaired) electrons. The van der Waals surface area contributed by atoms with E-state index in [1.807, 2.05) is 0 Å². The Morgan fingerprint density at radius 2 is 1.53 bits per heavy atom. The van der Waals surface area contributed by atoms with Gasteiger partial charge in [-0.15, -0.1) is 0 Å². The number of aromatic nitrogens is 3. The van der Waals surface area contributed by atoms with E-state index in [-0.39, 0.29) is 0 Å². The Labute approximate surface area is 187 Å². The van der Waals surface area contributed by atoms with Gasteiger partial charge in [-0.3, -0.25) is 4.90 Å². The van der Waals surface area contributed by atoms with Crippen molar-refractivity contribution in [3.8, 4) is 11.4 Å². The van der Waals surface area contributed by atoms with Crippen LogP contribution in [-0.4, -0.2) is 51.9 Å². The molecule has 6 rings (SSSR count). The molecule has 1 saturated heterocycles. The molecule has 5 aromatic rings. The molecular formula is C27H28N4O. The van der Waals surface area contributed by atoms with Crippen molar-refractivity contribution in [2.75, 3.05) is 32.8 Å². The molecule has 3 aromatic carbocycles. The van der Waals surface area contributed by atoms with Gasteiger partial charge in [-0.2, -0.15) is 0 Å². The number of morpholine rings is 1. The van der Waals surface area contributed by atoms with Crippen LogP contribution in [0.5, 0.6) is 0 Å². The van der Waals surface area contributed by atoms with E-state index in [1.54, 1.807) is 0 Å². The van der Waals surface area contributed by atoms with Crippen LogP contribution in [0.3, 0.4) is 0 Å². The summed E-state index contributed by atoms with van der Waals surface area (Å²) in [6.07, 6.45) is 0. The second-order valence-corrected chi connectivity index (χ2v) is 8.52. The van der Waals surface area contributed by atoms with Crippen LogP contribution in [0.25, 0.3) is 44.2 Å². The standard InChI is InChI=1S/C27H28N4O/c1-2-30-24-9-5-3-7-21(24)22-19-20(11-12-25(22)30)27-28-23-8-4-6-10-26(23)31(27)14-13-29-15-17-32-18-16-29/h3-12,19H,2,13-18H2,1H3. The lowest BCUT2D eigenvalue weighted by Gasteiger charge is -2.27. The molecule has 0 unspecified atom stereocenters. The Morgan fingerprint density at radius 1 is 0.781 bits per heavy atom. The first kappa shape index (κ1) is 19.5. The summed E-state index contributed by atoms with van der Waals surface area (Å²) in [4.78, 5) is 7.56. The van der Waals surface area contributed by atoms with Gasteiger partial charge < -0.3 is 13.9 Å². The van der Waals surface area contributed by atoms with E-state index in [4.69, 9.17) is 9.72 Å². The highest BCUT2D eigenvalue weighted by Crippen LogP contribution is 2.33. The lowest BCUT2D eigenvalue weighted by molar-refractivity contribution is 0.0366. The first-order chi connectivity index (χ1) is 15.8. The lowest BCUT2D eigenvalue weighted by Crippen LogP contribution is -2.38. The molecule has 1 aliphatic rings. The minimum absolute atomic E-state index is 0.829. The highest BCUT2D eigenvalue weighted by molar-refractivity contribution is 6.09. The van der Waals surface area contributed by atoms with E-state index in [0.29, 0.717) is 0 Å². The molecule has 0 N–H and O–H groups in total. The van der Waals surface area contributed by atoms with Crippen molar-refractivity contribution in [2.45, 2.75) is 20.0 Å². The first-order valence-electron chi connectivity index (χ1n) is 11.6. The SMILES string of the molecule is CCn1c2ccccc2c2cc(-c3nc4ccccc4n3CCN3CCOCC3)ccc21. The normalized spacial score (nSPS) is 15.3. The van der Waals surface area contributed by atoms with Gasteiger partial charge in [0.15, 0.2) is 0 Å². The maximum Gasteiger partial charge on any atom is 0.141 e. The van der Waals surface area contributed by atoms with Gasteiger partial charge in [0.2, 0.25) is 0 Å². The molecule has 162 valence electrons. The van der Waals surface area contributed by atoms with Crippen molar-refractivity contribution < 1.29 is 4.74 Å². The summed E-state index contributed by atoms with van der Waals surface area (Å²) in [6.45, 7) is 8.77. The Kier molecular flexibility index (Phi) is 4.93. The maximum absolute atomic E-state index is 5.52. The molecule has 0 aliphatic carbocycles. The van der Waals surface area contributed by atoms with Crippen molar-refractivity contribution in [3.05, 3.63) is 66.7 Å². The van der Waals surface area contributed by atoms with Gasteiger partial charge in [-0.1, -0.05) is 30.3 Å². The zero-order chi connectivity index (χ0) is 21.5. The van der Waals surface area contributed by atoms with E-state index in [9.17, 15) is 0 Å². The van der Waals surface area contributed by atoms with Gasteiger partial charge in [0, 0.05) is 60.1 Å². The molecule has 0 atom stereocenters. The van der Waals surface area contributed by atoms with E-state index in [1.165, 1.54) is 32.9 Å². The van der Waals surface area contributed by atoms with Crippen LogP contribution in [0.2, 0.25) is 0 Å². The number of fused-ring (bicyclic) bond motifs is 4. The zero-order valence-electron chi connectivity index (χ0n) is 18.5. The average molecular weight is 425 g/mol. The van der Waals surface area contributed by atoms with Crippen molar-refractivity contribution in [1.29, 1.82) is 0 Å². The number of imidazole rings is 1. The van der Waals surface area contributed by atoms with Crippen LogP contribution >= 0.6 is 0 Å². The number of aryl methyl sites for hydroxylation is 1. The fraction of sp³-hybridized carbons (Fsp3) is 0.296. The quantitative estimate of drug-likeness (QED) is 0.391. The van der Waals surface area contributed by atoms with E-state index in [0.717, 1.165) is 57.3 Å². The summed E-state index contributed by atoms with van der Waals surface area (Å²) in [5.74, 6) is 1.05. The van der Waals surface area contributed by atoms with Gasteiger partial charge in [-0.05, 0) is 43.3 Å². The molecule has 0 spiro atoms. The summed E-state index contributed by atoms with van der Waals surface area (Å²) >= 11 is 0. The Balaban J connectivity index is 1.48. The number of ether oxygens (including phenoxy) is 1. The number of rotatable bonds is 5. The summed E-state index contributed by atoms with van der Waals surface area (Å²) in [7, 11) is 0. The summed E-state index contributed by atoms with van der Waals surface area (Å²) in [5, 5.41) is 2.61. The van der Waals surface area contributed by atoms with Crippen LogP contribution in [0.1, 0.15) is 6.92 Å². The number of benzene rings is 3. The number of nitrogens with zero attached hydrogens (tertiary/aromatic N) is 4. The highest BCUT2D eigenvalue weighted by Gasteiger charge is 2.17. The third-order valence-electron chi connectivity index (χ3n) is 6.74. The van der Waals surface area contributed by atoms with Crippen molar-refractivity contribution in [2.24, 2.45) is 0 Å². The molecule has 5 heteroatoms. The van der Waals surface area contributed by atoms with Crippen molar-refractivity contribution in [1.82, 2.24) is 19.0 Å². The smallest absolute Gasteiger partial charge is 0.141 e. The molecule has 0 bridgehead atoms. The van der Waals surface area contributed by atoms with Crippen molar-refractivity contribution in [3.63, 3.8) is 0 Å². The topological polar surface area (TPSA) is 35.2 Å². The van der Waals surface area contributed by atoms with Crippen LogP contribution < -0.4 is 0 Å².